The van der Waals surface area contributed by atoms with Gasteiger partial charge in [-0.2, -0.15) is 0 Å². The molecule has 30 heavy (non-hydrogen) atoms. The summed E-state index contributed by atoms with van der Waals surface area (Å²) in [5, 5.41) is 7.14. The number of thioether (sulfide) groups is 1. The largest absolute Gasteiger partial charge is 0.465 e. The van der Waals surface area contributed by atoms with E-state index < -0.39 is 5.25 Å². The van der Waals surface area contributed by atoms with Crippen molar-refractivity contribution in [3.05, 3.63) is 5.51 Å². The van der Waals surface area contributed by atoms with Gasteiger partial charge in [0, 0.05) is 0 Å². The van der Waals surface area contributed by atoms with Crippen LogP contribution in [0.2, 0.25) is 0 Å². The van der Waals surface area contributed by atoms with Gasteiger partial charge < -0.3 is 9.47 Å². The fraction of sp³-hybridized carbons (Fsp3) is 0.818. The SMILES string of the molecule is CCCCC(CC)COC(=O)CC(Sc1nncs1)C(=O)OCC(CC)CCCC. The maximum atomic E-state index is 12.7. The van der Waals surface area contributed by atoms with Crippen molar-refractivity contribution < 1.29 is 19.1 Å². The summed E-state index contributed by atoms with van der Waals surface area (Å²) in [5.41, 5.74) is 1.61. The Morgan fingerprint density at radius 2 is 1.60 bits per heavy atom. The van der Waals surface area contributed by atoms with E-state index in [4.69, 9.17) is 9.47 Å². The summed E-state index contributed by atoms with van der Waals surface area (Å²) in [5.74, 6) is -0.00188. The fourth-order valence-electron chi connectivity index (χ4n) is 3.02. The van der Waals surface area contributed by atoms with E-state index in [0.717, 1.165) is 51.4 Å². The van der Waals surface area contributed by atoms with Crippen molar-refractivity contribution in [1.82, 2.24) is 10.2 Å². The standard InChI is InChI=1S/C22H38N2O4S2/c1-5-9-11-17(7-3)14-27-20(25)13-19(30-22-24-23-16-29-22)21(26)28-15-18(8-4)12-10-6-2/h16-19H,5-15H2,1-4H3. The van der Waals surface area contributed by atoms with Crippen molar-refractivity contribution in [1.29, 1.82) is 0 Å². The zero-order valence-corrected chi connectivity index (χ0v) is 20.6. The fourth-order valence-corrected chi connectivity index (χ4v) is 4.72. The van der Waals surface area contributed by atoms with Crippen LogP contribution in [-0.4, -0.2) is 40.6 Å². The monoisotopic (exact) mass is 458 g/mol. The molecule has 0 bridgehead atoms. The molecule has 3 atom stereocenters. The minimum Gasteiger partial charge on any atom is -0.465 e. The molecular formula is C22H38N2O4S2. The number of rotatable bonds is 17. The smallest absolute Gasteiger partial charge is 0.320 e. The van der Waals surface area contributed by atoms with Gasteiger partial charge in [-0.15, -0.1) is 10.2 Å². The Morgan fingerprint density at radius 3 is 2.10 bits per heavy atom. The van der Waals surface area contributed by atoms with Crippen LogP contribution in [0.25, 0.3) is 0 Å². The van der Waals surface area contributed by atoms with E-state index in [1.54, 1.807) is 5.51 Å². The molecule has 1 rings (SSSR count). The van der Waals surface area contributed by atoms with Gasteiger partial charge in [0.15, 0.2) is 4.34 Å². The average molecular weight is 459 g/mol. The molecule has 0 fully saturated rings. The number of hydrogen-bond donors (Lipinski definition) is 0. The highest BCUT2D eigenvalue weighted by atomic mass is 32.2. The quantitative estimate of drug-likeness (QED) is 0.212. The van der Waals surface area contributed by atoms with Gasteiger partial charge in [-0.05, 0) is 24.7 Å². The highest BCUT2D eigenvalue weighted by Crippen LogP contribution is 2.28. The number of unbranched alkanes of at least 4 members (excludes halogenated alkanes) is 2. The second kappa shape index (κ2) is 16.5. The second-order valence-electron chi connectivity index (χ2n) is 7.66. The van der Waals surface area contributed by atoms with Gasteiger partial charge in [0.05, 0.1) is 19.6 Å². The predicted octanol–water partition coefficient (Wildman–Crippen LogP) is 5.91. The van der Waals surface area contributed by atoms with E-state index >= 15 is 0 Å². The molecule has 0 aromatic carbocycles. The van der Waals surface area contributed by atoms with Gasteiger partial charge >= 0.3 is 11.9 Å². The molecule has 172 valence electrons. The molecule has 0 saturated heterocycles. The molecule has 0 amide bonds. The van der Waals surface area contributed by atoms with Gasteiger partial charge in [0.1, 0.15) is 10.8 Å². The van der Waals surface area contributed by atoms with Crippen LogP contribution in [0.1, 0.15) is 85.5 Å². The van der Waals surface area contributed by atoms with Crippen molar-refractivity contribution in [2.45, 2.75) is 95.1 Å². The lowest BCUT2D eigenvalue weighted by Crippen LogP contribution is -2.27. The van der Waals surface area contributed by atoms with Crippen LogP contribution in [0, 0.1) is 11.8 Å². The summed E-state index contributed by atoms with van der Waals surface area (Å²) < 4.78 is 11.7. The molecule has 0 aliphatic rings. The van der Waals surface area contributed by atoms with E-state index in [-0.39, 0.29) is 18.4 Å². The Labute approximate surface area is 189 Å². The molecule has 0 aliphatic heterocycles. The first kappa shape index (κ1) is 26.9. The maximum absolute atomic E-state index is 12.7. The first-order chi connectivity index (χ1) is 14.5. The van der Waals surface area contributed by atoms with Gasteiger partial charge in [-0.25, -0.2) is 0 Å². The first-order valence-corrected chi connectivity index (χ1v) is 13.0. The Morgan fingerprint density at radius 1 is 1.00 bits per heavy atom. The average Bonchev–Trinajstić information content (AvgIpc) is 3.26. The van der Waals surface area contributed by atoms with Crippen LogP contribution < -0.4 is 0 Å². The van der Waals surface area contributed by atoms with Gasteiger partial charge in [0.2, 0.25) is 0 Å². The van der Waals surface area contributed by atoms with E-state index in [9.17, 15) is 9.59 Å². The zero-order valence-electron chi connectivity index (χ0n) is 18.9. The third-order valence-corrected chi connectivity index (χ3v) is 7.21. The molecule has 1 heterocycles. The number of hydrogen-bond acceptors (Lipinski definition) is 8. The van der Waals surface area contributed by atoms with Crippen LogP contribution in [0.4, 0.5) is 0 Å². The van der Waals surface area contributed by atoms with Crippen molar-refractivity contribution in [2.75, 3.05) is 13.2 Å². The predicted molar refractivity (Wildman–Crippen MR) is 123 cm³/mol. The molecule has 0 aliphatic carbocycles. The summed E-state index contributed by atoms with van der Waals surface area (Å²) in [4.78, 5) is 25.2. The van der Waals surface area contributed by atoms with E-state index in [1.165, 1.54) is 23.1 Å². The third-order valence-electron chi connectivity index (χ3n) is 5.23. The van der Waals surface area contributed by atoms with Crippen molar-refractivity contribution in [2.24, 2.45) is 11.8 Å². The third kappa shape index (κ3) is 11.3. The summed E-state index contributed by atoms with van der Waals surface area (Å²) in [6.45, 7) is 9.35. The first-order valence-electron chi connectivity index (χ1n) is 11.3. The Hall–Kier alpha value is -1.15. The Kier molecular flexibility index (Phi) is 14.8. The van der Waals surface area contributed by atoms with Gasteiger partial charge in [-0.3, -0.25) is 9.59 Å². The van der Waals surface area contributed by atoms with Crippen LogP contribution in [-0.2, 0) is 19.1 Å². The Balaban J connectivity index is 2.61. The highest BCUT2D eigenvalue weighted by Gasteiger charge is 2.28. The lowest BCUT2D eigenvalue weighted by molar-refractivity contribution is -0.151. The summed E-state index contributed by atoms with van der Waals surface area (Å²) in [7, 11) is 0. The lowest BCUT2D eigenvalue weighted by atomic mass is 10.0. The minimum absolute atomic E-state index is 0.0148. The van der Waals surface area contributed by atoms with Crippen LogP contribution in [0.3, 0.4) is 0 Å². The number of nitrogens with zero attached hydrogens (tertiary/aromatic N) is 2. The van der Waals surface area contributed by atoms with Crippen LogP contribution >= 0.6 is 23.1 Å². The molecule has 8 heteroatoms. The lowest BCUT2D eigenvalue weighted by Gasteiger charge is -2.19. The van der Waals surface area contributed by atoms with Crippen molar-refractivity contribution in [3.63, 3.8) is 0 Å². The molecular weight excluding hydrogens is 420 g/mol. The zero-order chi connectivity index (χ0) is 22.2. The summed E-state index contributed by atoms with van der Waals surface area (Å²) in [6.07, 6.45) is 8.56. The molecule has 0 saturated carbocycles. The molecule has 0 spiro atoms. The normalized spacial score (nSPS) is 14.1. The second-order valence-corrected chi connectivity index (χ2v) is 9.94. The van der Waals surface area contributed by atoms with Crippen molar-refractivity contribution >= 4 is 35.0 Å². The molecule has 0 radical (unpaired) electrons. The topological polar surface area (TPSA) is 78.4 Å². The molecule has 1 aromatic rings. The minimum atomic E-state index is -0.662. The van der Waals surface area contributed by atoms with E-state index in [2.05, 4.69) is 37.9 Å². The number of esters is 2. The highest BCUT2D eigenvalue weighted by molar-refractivity contribution is 8.02. The Bertz CT molecular complexity index is 584. The number of aromatic nitrogens is 2. The van der Waals surface area contributed by atoms with Crippen molar-refractivity contribution in [3.8, 4) is 0 Å². The van der Waals surface area contributed by atoms with E-state index in [1.807, 2.05) is 0 Å². The molecule has 1 aromatic heterocycles. The molecule has 0 N–H and O–H groups in total. The van der Waals surface area contributed by atoms with Gasteiger partial charge in [-0.1, -0.05) is 89.3 Å². The summed E-state index contributed by atoms with van der Waals surface area (Å²) >= 11 is 2.58. The maximum Gasteiger partial charge on any atom is 0.320 e. The number of carbonyl (C=O) groups is 2. The van der Waals surface area contributed by atoms with Gasteiger partial charge in [0.25, 0.3) is 0 Å². The summed E-state index contributed by atoms with van der Waals surface area (Å²) in [6, 6.07) is 0. The van der Waals surface area contributed by atoms with E-state index in [0.29, 0.717) is 29.4 Å². The van der Waals surface area contributed by atoms with Crippen LogP contribution in [0.5, 0.6) is 0 Å². The van der Waals surface area contributed by atoms with Crippen LogP contribution in [0.15, 0.2) is 9.85 Å². The molecule has 3 unspecified atom stereocenters. The number of carbonyl (C=O) groups excluding carboxylic acids is 2. The number of ether oxygens (including phenoxy) is 2. The molecule has 6 nitrogen and oxygen atoms in total.